The number of nitrogens with zero attached hydrogens (tertiary/aromatic N) is 4. The monoisotopic (exact) mass is 472 g/mol. The van der Waals surface area contributed by atoms with Crippen LogP contribution < -0.4 is 19.6 Å². The smallest absolute Gasteiger partial charge is 0.156 e. The minimum atomic E-state index is 0.307. The number of anilines is 4. The van der Waals surface area contributed by atoms with Gasteiger partial charge >= 0.3 is 0 Å². The minimum absolute atomic E-state index is 0.307. The van der Waals surface area contributed by atoms with Gasteiger partial charge in [-0.3, -0.25) is 0 Å². The number of hydrogen-bond acceptors (Lipinski definition) is 4. The second-order valence-corrected chi connectivity index (χ2v) is 9.65. The van der Waals surface area contributed by atoms with Crippen molar-refractivity contribution in [1.82, 2.24) is 0 Å². The van der Waals surface area contributed by atoms with E-state index in [9.17, 15) is 0 Å². The molecule has 180 valence electrons. The van der Waals surface area contributed by atoms with Gasteiger partial charge in [0.15, 0.2) is 11.6 Å². The Morgan fingerprint density at radius 1 is 0.417 bits per heavy atom. The standard InChI is InChI=1S/C32H32N4/c1-25-23-33(27-15-7-3-8-16-27)31(35(25)29-19-11-5-12-20-29)32-34(28-17-9-4-10-18-28)24-26(2)36(32)30-21-13-6-14-22-30/h3-22,25-26H,23-24H2,1-2H3. The van der Waals surface area contributed by atoms with Crippen molar-refractivity contribution < 1.29 is 0 Å². The molecule has 2 unspecified atom stereocenters. The summed E-state index contributed by atoms with van der Waals surface area (Å²) in [6.45, 7) is 6.48. The fourth-order valence-electron chi connectivity index (χ4n) is 5.60. The molecule has 0 spiro atoms. The molecule has 4 nitrogen and oxygen atoms in total. The van der Waals surface area contributed by atoms with E-state index >= 15 is 0 Å². The molecule has 0 aromatic heterocycles. The predicted molar refractivity (Wildman–Crippen MR) is 151 cm³/mol. The summed E-state index contributed by atoms with van der Waals surface area (Å²) in [5.41, 5.74) is 4.86. The summed E-state index contributed by atoms with van der Waals surface area (Å²) in [7, 11) is 0. The normalized spacial score (nSPS) is 21.9. The molecule has 2 saturated heterocycles. The van der Waals surface area contributed by atoms with Gasteiger partial charge in [0.2, 0.25) is 0 Å². The fraction of sp³-hybridized carbons (Fsp3) is 0.188. The number of para-hydroxylation sites is 4. The fourth-order valence-corrected chi connectivity index (χ4v) is 5.60. The Bertz CT molecular complexity index is 1220. The third kappa shape index (κ3) is 3.89. The molecular formula is C32H32N4. The molecule has 2 aliphatic rings. The Hall–Kier alpha value is -4.18. The topological polar surface area (TPSA) is 13.0 Å². The molecule has 6 rings (SSSR count). The van der Waals surface area contributed by atoms with Crippen LogP contribution in [-0.2, 0) is 0 Å². The van der Waals surface area contributed by atoms with Crippen LogP contribution in [0.2, 0.25) is 0 Å². The summed E-state index contributed by atoms with van der Waals surface area (Å²) in [6, 6.07) is 43.9. The molecular weight excluding hydrogens is 440 g/mol. The van der Waals surface area contributed by atoms with E-state index < -0.39 is 0 Å². The first-order valence-electron chi connectivity index (χ1n) is 12.8. The maximum atomic E-state index is 2.52. The average Bonchev–Trinajstić information content (AvgIpc) is 3.46. The Morgan fingerprint density at radius 2 is 0.694 bits per heavy atom. The second-order valence-electron chi connectivity index (χ2n) is 9.65. The molecule has 0 bridgehead atoms. The van der Waals surface area contributed by atoms with Crippen molar-refractivity contribution in [3.05, 3.63) is 133 Å². The van der Waals surface area contributed by atoms with E-state index in [1.807, 2.05) is 0 Å². The predicted octanol–water partition coefficient (Wildman–Crippen LogP) is 6.94. The maximum Gasteiger partial charge on any atom is 0.156 e. The third-order valence-corrected chi connectivity index (χ3v) is 7.15. The zero-order valence-corrected chi connectivity index (χ0v) is 20.9. The Kier molecular flexibility index (Phi) is 5.86. The van der Waals surface area contributed by atoms with Gasteiger partial charge in [0.05, 0.1) is 12.1 Å². The number of hydrogen-bond donors (Lipinski definition) is 0. The second kappa shape index (κ2) is 9.46. The Balaban J connectivity index is 1.64. The van der Waals surface area contributed by atoms with Gasteiger partial charge in [-0.1, -0.05) is 72.8 Å². The van der Waals surface area contributed by atoms with E-state index in [2.05, 4.69) is 155 Å². The van der Waals surface area contributed by atoms with Crippen molar-refractivity contribution in [2.75, 3.05) is 32.7 Å². The number of rotatable bonds is 4. The molecule has 0 saturated carbocycles. The first kappa shape index (κ1) is 22.3. The largest absolute Gasteiger partial charge is 0.323 e. The van der Waals surface area contributed by atoms with Crippen LogP contribution in [0.4, 0.5) is 22.7 Å². The first-order valence-corrected chi connectivity index (χ1v) is 12.8. The lowest BCUT2D eigenvalue weighted by atomic mass is 10.2. The summed E-state index contributed by atoms with van der Waals surface area (Å²) < 4.78 is 0. The van der Waals surface area contributed by atoms with Gasteiger partial charge in [-0.25, -0.2) is 0 Å². The van der Waals surface area contributed by atoms with Crippen molar-refractivity contribution in [1.29, 1.82) is 0 Å². The molecule has 0 N–H and O–H groups in total. The summed E-state index contributed by atoms with van der Waals surface area (Å²) in [6.07, 6.45) is 0. The first-order chi connectivity index (χ1) is 17.7. The van der Waals surface area contributed by atoms with Crippen LogP contribution in [0.1, 0.15) is 13.8 Å². The lowest BCUT2D eigenvalue weighted by Gasteiger charge is -2.35. The van der Waals surface area contributed by atoms with Crippen LogP contribution in [-0.4, -0.2) is 25.2 Å². The number of benzene rings is 4. The molecule has 4 aromatic carbocycles. The minimum Gasteiger partial charge on any atom is -0.323 e. The molecule has 4 heteroatoms. The van der Waals surface area contributed by atoms with E-state index in [0.717, 1.165) is 13.1 Å². The van der Waals surface area contributed by atoms with Crippen LogP contribution in [0, 0.1) is 0 Å². The molecule has 0 aliphatic carbocycles. The van der Waals surface area contributed by atoms with Crippen LogP contribution in [0.3, 0.4) is 0 Å². The highest BCUT2D eigenvalue weighted by Gasteiger charge is 2.43. The van der Waals surface area contributed by atoms with Crippen LogP contribution in [0.25, 0.3) is 0 Å². The van der Waals surface area contributed by atoms with Gasteiger partial charge in [0.25, 0.3) is 0 Å². The van der Waals surface area contributed by atoms with E-state index in [1.165, 1.54) is 34.4 Å². The van der Waals surface area contributed by atoms with Crippen molar-refractivity contribution >= 4 is 22.7 Å². The van der Waals surface area contributed by atoms with Gasteiger partial charge in [-0.15, -0.1) is 0 Å². The molecule has 2 heterocycles. The zero-order chi connectivity index (χ0) is 24.5. The lowest BCUT2D eigenvalue weighted by molar-refractivity contribution is 0.779. The zero-order valence-electron chi connectivity index (χ0n) is 20.9. The van der Waals surface area contributed by atoms with Crippen LogP contribution >= 0.6 is 0 Å². The van der Waals surface area contributed by atoms with E-state index in [0.29, 0.717) is 12.1 Å². The average molecular weight is 473 g/mol. The highest BCUT2D eigenvalue weighted by Crippen LogP contribution is 2.42. The quantitative estimate of drug-likeness (QED) is 0.319. The SMILES string of the molecule is CC1CN(c2ccccc2)C(=C2N(c3ccccc3)CC(C)N2c2ccccc2)N1c1ccccc1. The van der Waals surface area contributed by atoms with Crippen molar-refractivity contribution in [2.45, 2.75) is 25.9 Å². The summed E-state index contributed by atoms with van der Waals surface area (Å²) >= 11 is 0. The highest BCUT2D eigenvalue weighted by atomic mass is 15.5. The Labute approximate surface area is 214 Å². The van der Waals surface area contributed by atoms with Gasteiger partial charge in [0, 0.05) is 35.8 Å². The molecule has 0 amide bonds. The molecule has 0 radical (unpaired) electrons. The van der Waals surface area contributed by atoms with Gasteiger partial charge in [-0.05, 0) is 62.4 Å². The molecule has 36 heavy (non-hydrogen) atoms. The maximum absolute atomic E-state index is 2.52. The van der Waals surface area contributed by atoms with E-state index in [1.54, 1.807) is 0 Å². The molecule has 2 aliphatic heterocycles. The summed E-state index contributed by atoms with van der Waals surface area (Å²) in [5, 5.41) is 0. The van der Waals surface area contributed by atoms with Crippen LogP contribution in [0.5, 0.6) is 0 Å². The van der Waals surface area contributed by atoms with Gasteiger partial charge < -0.3 is 19.6 Å². The summed E-state index contributed by atoms with van der Waals surface area (Å²) in [5.74, 6) is 2.44. The molecule has 2 atom stereocenters. The molecule has 2 fully saturated rings. The van der Waals surface area contributed by atoms with Crippen molar-refractivity contribution in [3.8, 4) is 0 Å². The third-order valence-electron chi connectivity index (χ3n) is 7.15. The highest BCUT2D eigenvalue weighted by molar-refractivity contribution is 5.74. The summed E-state index contributed by atoms with van der Waals surface area (Å²) in [4.78, 5) is 10.0. The van der Waals surface area contributed by atoms with E-state index in [4.69, 9.17) is 0 Å². The lowest BCUT2D eigenvalue weighted by Crippen LogP contribution is -2.36. The Morgan fingerprint density at radius 3 is 1.00 bits per heavy atom. The van der Waals surface area contributed by atoms with Crippen LogP contribution in [0.15, 0.2) is 133 Å². The van der Waals surface area contributed by atoms with Gasteiger partial charge in [-0.2, -0.15) is 0 Å². The van der Waals surface area contributed by atoms with Crippen molar-refractivity contribution in [2.24, 2.45) is 0 Å². The molecule has 4 aromatic rings. The van der Waals surface area contributed by atoms with Crippen molar-refractivity contribution in [3.63, 3.8) is 0 Å². The van der Waals surface area contributed by atoms with E-state index in [-0.39, 0.29) is 0 Å². The van der Waals surface area contributed by atoms with Gasteiger partial charge in [0.1, 0.15) is 0 Å².